The molecule has 5 aliphatic carbocycles. The Balaban J connectivity index is 1.69. The Hall–Kier alpha value is -1.26. The molecule has 0 aromatic carbocycles. The summed E-state index contributed by atoms with van der Waals surface area (Å²) in [4.78, 5) is 24.8. The molecule has 0 unspecified atom stereocenters. The molecule has 7 aliphatic rings. The van der Waals surface area contributed by atoms with E-state index in [0.717, 1.165) is 23.7 Å². The molecule has 3 heterocycles. The molecule has 19 heavy (non-hydrogen) atoms. The Labute approximate surface area is 108 Å². The van der Waals surface area contributed by atoms with E-state index in [1.807, 2.05) is 9.36 Å². The van der Waals surface area contributed by atoms with Gasteiger partial charge in [0.1, 0.15) is 0 Å². The zero-order valence-electron chi connectivity index (χ0n) is 10.7. The first-order valence-corrected chi connectivity index (χ1v) is 7.58. The molecule has 0 N–H and O–H groups in total. The molecule has 2 bridgehead atoms. The first-order chi connectivity index (χ1) is 9.18. The monoisotopic (exact) mass is 257 g/mol. The van der Waals surface area contributed by atoms with Crippen molar-refractivity contribution in [2.75, 3.05) is 0 Å². The van der Waals surface area contributed by atoms with Gasteiger partial charge in [0.2, 0.25) is 0 Å². The average molecular weight is 257 g/mol. The Morgan fingerprint density at radius 1 is 0.947 bits per heavy atom. The maximum atomic E-state index is 12.4. The van der Waals surface area contributed by atoms with Gasteiger partial charge in [-0.15, -0.1) is 0 Å². The van der Waals surface area contributed by atoms with E-state index in [1.54, 1.807) is 7.05 Å². The van der Waals surface area contributed by atoms with Gasteiger partial charge in [-0.25, -0.2) is 23.5 Å². The second-order valence-electron chi connectivity index (χ2n) is 7.84. The van der Waals surface area contributed by atoms with Crippen LogP contribution in [0.1, 0.15) is 31.3 Å². The van der Waals surface area contributed by atoms with Crippen LogP contribution in [0.5, 0.6) is 0 Å². The number of rotatable bonds is 0. The minimum Gasteiger partial charge on any atom is -0.246 e. The van der Waals surface area contributed by atoms with Crippen LogP contribution in [0.3, 0.4) is 0 Å². The van der Waals surface area contributed by atoms with Crippen molar-refractivity contribution in [2.45, 2.75) is 31.3 Å². The SMILES string of the molecule is Cn1c(=O)n2n(c1=O)[C@H]1[C@@H]3[C@@H]4[C@@H]5[C@@H]3[C@@]13CCC[C@@]53[C@H]42. The van der Waals surface area contributed by atoms with Gasteiger partial charge in [-0.2, -0.15) is 0 Å². The van der Waals surface area contributed by atoms with Crippen LogP contribution < -0.4 is 11.4 Å². The third-order valence-corrected chi connectivity index (χ3v) is 8.41. The van der Waals surface area contributed by atoms with Gasteiger partial charge in [-0.05, 0) is 36.5 Å². The lowest BCUT2D eigenvalue weighted by atomic mass is 9.06. The fraction of sp³-hybridized carbons (Fsp3) is 0.857. The summed E-state index contributed by atoms with van der Waals surface area (Å²) in [6.45, 7) is 0. The highest BCUT2D eigenvalue weighted by molar-refractivity contribution is 5.49. The molecule has 5 heteroatoms. The summed E-state index contributed by atoms with van der Waals surface area (Å²) in [6.07, 6.45) is 3.95. The number of hydrogen-bond donors (Lipinski definition) is 0. The van der Waals surface area contributed by atoms with E-state index in [9.17, 15) is 9.59 Å². The Morgan fingerprint density at radius 3 is 1.89 bits per heavy atom. The lowest BCUT2D eigenvalue weighted by molar-refractivity contribution is -0.541. The maximum absolute atomic E-state index is 12.4. The average Bonchev–Trinajstić information content (AvgIpc) is 2.87. The molecule has 1 aromatic heterocycles. The molecule has 8 atom stereocenters. The minimum atomic E-state index is -0.0675. The zero-order chi connectivity index (χ0) is 12.5. The van der Waals surface area contributed by atoms with Crippen molar-refractivity contribution in [3.05, 3.63) is 21.0 Å². The largest absolute Gasteiger partial charge is 0.347 e. The molecule has 5 nitrogen and oxygen atoms in total. The van der Waals surface area contributed by atoms with Gasteiger partial charge >= 0.3 is 11.4 Å². The van der Waals surface area contributed by atoms with E-state index in [-0.39, 0.29) is 11.4 Å². The third kappa shape index (κ3) is 0.432. The van der Waals surface area contributed by atoms with Crippen LogP contribution in [0.15, 0.2) is 9.59 Å². The van der Waals surface area contributed by atoms with Crippen LogP contribution in [0.2, 0.25) is 0 Å². The molecule has 5 saturated carbocycles. The summed E-state index contributed by atoms with van der Waals surface area (Å²) >= 11 is 0. The smallest absolute Gasteiger partial charge is 0.246 e. The molecule has 0 radical (unpaired) electrons. The fourth-order valence-electron chi connectivity index (χ4n) is 8.48. The summed E-state index contributed by atoms with van der Waals surface area (Å²) in [5.41, 5.74) is 0.753. The number of nitrogens with zero attached hydrogens (tertiary/aromatic N) is 3. The first-order valence-electron chi connectivity index (χ1n) is 7.58. The topological polar surface area (TPSA) is 48.9 Å². The van der Waals surface area contributed by atoms with Crippen LogP contribution in [0.25, 0.3) is 0 Å². The normalized spacial score (nSPS) is 63.2. The van der Waals surface area contributed by atoms with Crippen LogP contribution in [-0.4, -0.2) is 13.9 Å². The first kappa shape index (κ1) is 8.82. The minimum absolute atomic E-state index is 0.0675. The van der Waals surface area contributed by atoms with E-state index in [0.29, 0.717) is 22.9 Å². The molecule has 2 spiro atoms. The van der Waals surface area contributed by atoms with Crippen molar-refractivity contribution in [2.24, 2.45) is 41.5 Å². The van der Waals surface area contributed by atoms with Gasteiger partial charge in [0, 0.05) is 17.9 Å². The van der Waals surface area contributed by atoms with E-state index < -0.39 is 0 Å². The summed E-state index contributed by atoms with van der Waals surface area (Å²) in [6, 6.07) is 0.753. The molecular formula is C14H15N3O2. The van der Waals surface area contributed by atoms with Crippen molar-refractivity contribution in [3.63, 3.8) is 0 Å². The lowest BCUT2D eigenvalue weighted by Gasteiger charge is -3.00. The van der Waals surface area contributed by atoms with E-state index in [1.165, 1.54) is 23.8 Å². The number of aromatic nitrogens is 3. The molecule has 0 amide bonds. The van der Waals surface area contributed by atoms with Gasteiger partial charge in [0.15, 0.2) is 0 Å². The molecule has 2 aliphatic heterocycles. The summed E-state index contributed by atoms with van der Waals surface area (Å²) in [5.74, 6) is 3.35. The van der Waals surface area contributed by atoms with E-state index in [4.69, 9.17) is 0 Å². The van der Waals surface area contributed by atoms with Crippen molar-refractivity contribution in [1.29, 1.82) is 0 Å². The summed E-state index contributed by atoms with van der Waals surface area (Å²) in [7, 11) is 1.64. The lowest BCUT2D eigenvalue weighted by Crippen LogP contribution is -2.99. The molecule has 98 valence electrons. The van der Waals surface area contributed by atoms with Crippen LogP contribution in [0, 0.1) is 34.5 Å². The Bertz CT molecular complexity index is 765. The van der Waals surface area contributed by atoms with Crippen molar-refractivity contribution >= 4 is 0 Å². The highest BCUT2D eigenvalue weighted by Crippen LogP contribution is 3.05. The highest BCUT2D eigenvalue weighted by atomic mass is 16.2. The van der Waals surface area contributed by atoms with Gasteiger partial charge in [0.25, 0.3) is 0 Å². The highest BCUT2D eigenvalue weighted by Gasteiger charge is 3.03. The Morgan fingerprint density at radius 2 is 1.42 bits per heavy atom. The van der Waals surface area contributed by atoms with Gasteiger partial charge < -0.3 is 0 Å². The quantitative estimate of drug-likeness (QED) is 0.663. The van der Waals surface area contributed by atoms with Gasteiger partial charge in [-0.3, -0.25) is 0 Å². The number of hydrogen-bond acceptors (Lipinski definition) is 2. The zero-order valence-corrected chi connectivity index (χ0v) is 10.7. The van der Waals surface area contributed by atoms with Gasteiger partial charge in [-0.1, -0.05) is 6.42 Å². The van der Waals surface area contributed by atoms with Crippen molar-refractivity contribution in [1.82, 2.24) is 13.9 Å². The van der Waals surface area contributed by atoms with E-state index in [2.05, 4.69) is 0 Å². The second-order valence-corrected chi connectivity index (χ2v) is 7.84. The van der Waals surface area contributed by atoms with E-state index >= 15 is 0 Å². The van der Waals surface area contributed by atoms with Crippen LogP contribution in [-0.2, 0) is 7.05 Å². The predicted octanol–water partition coefficient (Wildman–Crippen LogP) is 0.120. The molecular weight excluding hydrogens is 242 g/mol. The van der Waals surface area contributed by atoms with Crippen LogP contribution in [0.4, 0.5) is 0 Å². The third-order valence-electron chi connectivity index (χ3n) is 8.41. The molecule has 5 fully saturated rings. The van der Waals surface area contributed by atoms with Gasteiger partial charge in [0.05, 0.1) is 12.1 Å². The Kier molecular flexibility index (Phi) is 0.881. The van der Waals surface area contributed by atoms with Crippen LogP contribution >= 0.6 is 0 Å². The maximum Gasteiger partial charge on any atom is 0.347 e. The predicted molar refractivity (Wildman–Crippen MR) is 64.7 cm³/mol. The standard InChI is InChI=1S/C14H15N3O2/c1-15-11(18)16-9-5-6-8-7(5)13(9)3-2-4-14(8,13)10(6)17(16)12(15)19/h5-10H,2-4H2,1H3/t5-,6-,7-,8-,9+,10+,13+,14+/m1/s1. The fourth-order valence-corrected chi connectivity index (χ4v) is 8.48. The van der Waals surface area contributed by atoms with Crippen molar-refractivity contribution in [3.8, 4) is 0 Å². The summed E-state index contributed by atoms with van der Waals surface area (Å²) < 4.78 is 5.08. The molecule has 0 saturated heterocycles. The molecule has 8 rings (SSSR count). The second kappa shape index (κ2) is 1.90. The van der Waals surface area contributed by atoms with Crippen molar-refractivity contribution < 1.29 is 0 Å². The molecule has 1 aromatic rings. The summed E-state index contributed by atoms with van der Waals surface area (Å²) in [5, 5.41) is 0.